The summed E-state index contributed by atoms with van der Waals surface area (Å²) in [6, 6.07) is 54.0. The molecule has 0 spiro atoms. The molecule has 0 saturated carbocycles. The molecule has 3 heterocycles. The molecule has 1 atom stereocenters. The highest BCUT2D eigenvalue weighted by Crippen LogP contribution is 2.41. The van der Waals surface area contributed by atoms with Gasteiger partial charge >= 0.3 is 0 Å². The van der Waals surface area contributed by atoms with Gasteiger partial charge in [0.05, 0.1) is 34.0 Å². The summed E-state index contributed by atoms with van der Waals surface area (Å²) in [7, 11) is 0. The minimum atomic E-state index is 0.0132. The van der Waals surface area contributed by atoms with E-state index in [2.05, 4.69) is 149 Å². The van der Waals surface area contributed by atoms with Crippen LogP contribution in [0.5, 0.6) is 0 Å². The molecule has 0 saturated heterocycles. The molecule has 1 N–H and O–H groups in total. The first kappa shape index (κ1) is 29.5. The van der Waals surface area contributed by atoms with Crippen LogP contribution in [0.1, 0.15) is 41.1 Å². The van der Waals surface area contributed by atoms with Gasteiger partial charge in [0, 0.05) is 32.5 Å². The zero-order chi connectivity index (χ0) is 33.9. The molecule has 4 nitrogen and oxygen atoms in total. The van der Waals surface area contributed by atoms with Crippen molar-refractivity contribution in [1.82, 2.24) is 9.88 Å². The standard InChI is InChI=1S/C47H35N3O/c1-30-34-29-28-31-14-5-6-19-35(31)45(34)50-42-26-9-7-20-36(42)38-22-11-17-33(44(38)50)18-12-25-41(32-15-3-2-4-16-32)49-47(48-30)40-24-13-23-39-37-21-8-10-27-43(37)51-46(39)40/h2-11,13-17,19-24,26-29,41H,1,12,18,25H2,(H,48,49). The van der Waals surface area contributed by atoms with Crippen LogP contribution >= 0.6 is 0 Å². The number of nitrogens with one attached hydrogen (secondary N) is 1. The van der Waals surface area contributed by atoms with Crippen LogP contribution < -0.4 is 5.32 Å². The summed E-state index contributed by atoms with van der Waals surface area (Å²) in [5.41, 5.74) is 10.4. The van der Waals surface area contributed by atoms with Crippen molar-refractivity contribution in [3.05, 3.63) is 180 Å². The SMILES string of the molecule is C=C1N=C(c2cccc3c2oc2ccccc23)NC(c2ccccc2)CCCc2cccc3c4ccccc4n(c23)-c2c1ccc1ccccc21. The van der Waals surface area contributed by atoms with Crippen molar-refractivity contribution in [3.8, 4) is 5.69 Å². The van der Waals surface area contributed by atoms with Gasteiger partial charge in [-0.1, -0.05) is 140 Å². The van der Waals surface area contributed by atoms with Crippen molar-refractivity contribution in [2.45, 2.75) is 25.3 Å². The van der Waals surface area contributed by atoms with Crippen LogP contribution in [0.15, 0.2) is 168 Å². The molecule has 1 aliphatic rings. The first-order chi connectivity index (χ1) is 25.2. The number of aliphatic imine (C=N–C) groups is 1. The molecule has 7 aromatic carbocycles. The fourth-order valence-electron chi connectivity index (χ4n) is 8.22. The van der Waals surface area contributed by atoms with Crippen molar-refractivity contribution in [3.63, 3.8) is 0 Å². The fourth-order valence-corrected chi connectivity index (χ4v) is 8.22. The fraction of sp³-hybridized carbons (Fsp3) is 0.0851. The number of furan rings is 1. The number of hydrogen-bond donors (Lipinski definition) is 1. The quantitative estimate of drug-likeness (QED) is 0.201. The average molecular weight is 658 g/mol. The number of aryl methyl sites for hydroxylation is 1. The van der Waals surface area contributed by atoms with Crippen molar-refractivity contribution in [1.29, 1.82) is 0 Å². The lowest BCUT2D eigenvalue weighted by Gasteiger charge is -2.22. The maximum absolute atomic E-state index is 6.60. The molecule has 51 heavy (non-hydrogen) atoms. The van der Waals surface area contributed by atoms with Gasteiger partial charge in [0.15, 0.2) is 0 Å². The Bertz CT molecular complexity index is 2840. The van der Waals surface area contributed by atoms with E-state index in [0.29, 0.717) is 5.70 Å². The summed E-state index contributed by atoms with van der Waals surface area (Å²) in [6.07, 6.45) is 2.84. The molecule has 244 valence electrons. The maximum Gasteiger partial charge on any atom is 0.146 e. The molecule has 10 rings (SSSR count). The summed E-state index contributed by atoms with van der Waals surface area (Å²) in [6.45, 7) is 4.72. The summed E-state index contributed by atoms with van der Waals surface area (Å²) >= 11 is 0. The van der Waals surface area contributed by atoms with Crippen molar-refractivity contribution in [2.24, 2.45) is 4.99 Å². The molecule has 0 bridgehead atoms. The molecule has 0 radical (unpaired) electrons. The van der Waals surface area contributed by atoms with Gasteiger partial charge in [-0.15, -0.1) is 0 Å². The summed E-state index contributed by atoms with van der Waals surface area (Å²) in [5, 5.41) is 11.0. The molecular formula is C47H35N3O. The lowest BCUT2D eigenvalue weighted by atomic mass is 9.97. The monoisotopic (exact) mass is 657 g/mol. The van der Waals surface area contributed by atoms with Gasteiger partial charge in [0.1, 0.15) is 17.0 Å². The highest BCUT2D eigenvalue weighted by Gasteiger charge is 2.24. The van der Waals surface area contributed by atoms with E-state index in [0.717, 1.165) is 69.2 Å². The second-order valence-corrected chi connectivity index (χ2v) is 13.5. The van der Waals surface area contributed by atoms with Gasteiger partial charge in [-0.05, 0) is 54.0 Å². The summed E-state index contributed by atoms with van der Waals surface area (Å²) < 4.78 is 9.08. The topological polar surface area (TPSA) is 42.5 Å². The van der Waals surface area contributed by atoms with Crippen molar-refractivity contribution < 1.29 is 4.42 Å². The van der Waals surface area contributed by atoms with Crippen LogP contribution in [-0.2, 0) is 6.42 Å². The third kappa shape index (κ3) is 4.79. The van der Waals surface area contributed by atoms with Crippen molar-refractivity contribution in [2.75, 3.05) is 0 Å². The van der Waals surface area contributed by atoms with E-state index in [9.17, 15) is 0 Å². The van der Waals surface area contributed by atoms with Gasteiger partial charge in [0.25, 0.3) is 0 Å². The number of fused-ring (bicyclic) bond motifs is 10. The molecule has 0 aliphatic carbocycles. The van der Waals surface area contributed by atoms with Gasteiger partial charge in [-0.3, -0.25) is 0 Å². The van der Waals surface area contributed by atoms with E-state index < -0.39 is 0 Å². The minimum absolute atomic E-state index is 0.0132. The number of amidine groups is 1. The summed E-state index contributed by atoms with van der Waals surface area (Å²) in [4.78, 5) is 5.48. The Balaban J connectivity index is 1.29. The van der Waals surface area contributed by atoms with E-state index in [-0.39, 0.29) is 6.04 Å². The van der Waals surface area contributed by atoms with Gasteiger partial charge in [0.2, 0.25) is 0 Å². The van der Waals surface area contributed by atoms with Crippen LogP contribution in [-0.4, -0.2) is 10.4 Å². The predicted octanol–water partition coefficient (Wildman–Crippen LogP) is 11.9. The molecule has 0 fully saturated rings. The number of benzene rings is 7. The Hall–Kier alpha value is -6.39. The molecule has 1 aliphatic heterocycles. The smallest absolute Gasteiger partial charge is 0.146 e. The number of nitrogens with zero attached hydrogens (tertiary/aromatic N) is 2. The van der Waals surface area contributed by atoms with Crippen LogP contribution in [0.4, 0.5) is 0 Å². The highest BCUT2D eigenvalue weighted by atomic mass is 16.3. The van der Waals surface area contributed by atoms with Crippen molar-refractivity contribution >= 4 is 66.0 Å². The van der Waals surface area contributed by atoms with Crippen LogP contribution in [0.25, 0.3) is 65.9 Å². The zero-order valence-corrected chi connectivity index (χ0v) is 28.1. The Kier molecular flexibility index (Phi) is 6.88. The normalized spacial score (nSPS) is 15.3. The Morgan fingerprint density at radius 2 is 1.35 bits per heavy atom. The molecule has 4 heteroatoms. The lowest BCUT2D eigenvalue weighted by Crippen LogP contribution is -2.30. The van der Waals surface area contributed by atoms with Crippen LogP contribution in [0.2, 0.25) is 0 Å². The molecule has 0 amide bonds. The van der Waals surface area contributed by atoms with Gasteiger partial charge in [-0.2, -0.15) is 0 Å². The summed E-state index contributed by atoms with van der Waals surface area (Å²) in [5.74, 6) is 0.747. The predicted molar refractivity (Wildman–Crippen MR) is 213 cm³/mol. The second-order valence-electron chi connectivity index (χ2n) is 13.5. The number of rotatable bonds is 2. The van der Waals surface area contributed by atoms with E-state index in [1.807, 2.05) is 12.1 Å². The first-order valence-corrected chi connectivity index (χ1v) is 17.8. The molecular weight excluding hydrogens is 623 g/mol. The van der Waals surface area contributed by atoms with E-state index in [1.165, 1.54) is 38.3 Å². The Morgan fingerprint density at radius 3 is 2.25 bits per heavy atom. The first-order valence-electron chi connectivity index (χ1n) is 17.8. The maximum atomic E-state index is 6.60. The molecule has 1 unspecified atom stereocenters. The third-order valence-corrected chi connectivity index (χ3v) is 10.6. The van der Waals surface area contributed by atoms with Crippen LogP contribution in [0, 0.1) is 0 Å². The van der Waals surface area contributed by atoms with E-state index in [1.54, 1.807) is 0 Å². The highest BCUT2D eigenvalue weighted by molar-refractivity contribution is 6.16. The zero-order valence-electron chi connectivity index (χ0n) is 28.1. The average Bonchev–Trinajstić information content (AvgIpc) is 3.73. The van der Waals surface area contributed by atoms with E-state index in [4.69, 9.17) is 16.0 Å². The van der Waals surface area contributed by atoms with Crippen LogP contribution in [0.3, 0.4) is 0 Å². The van der Waals surface area contributed by atoms with Gasteiger partial charge < -0.3 is 14.3 Å². The van der Waals surface area contributed by atoms with Gasteiger partial charge in [-0.25, -0.2) is 4.99 Å². The Morgan fingerprint density at radius 1 is 0.627 bits per heavy atom. The Labute approximate surface area is 296 Å². The third-order valence-electron chi connectivity index (χ3n) is 10.6. The number of para-hydroxylation sites is 4. The minimum Gasteiger partial charge on any atom is -0.455 e. The number of hydrogen-bond acceptors (Lipinski definition) is 3. The number of aromatic nitrogens is 1. The largest absolute Gasteiger partial charge is 0.455 e. The molecule has 9 aromatic rings. The van der Waals surface area contributed by atoms with E-state index >= 15 is 0 Å². The molecule has 2 aromatic heterocycles. The lowest BCUT2D eigenvalue weighted by molar-refractivity contribution is 0.563. The second kappa shape index (κ2) is 11.9.